The highest BCUT2D eigenvalue weighted by Crippen LogP contribution is 2.32. The minimum atomic E-state index is -0.354. The molecule has 0 aromatic carbocycles. The molecule has 4 aromatic heterocycles. The van der Waals surface area contributed by atoms with E-state index in [2.05, 4.69) is 51.6 Å². The fourth-order valence-corrected chi connectivity index (χ4v) is 2.63. The highest BCUT2D eigenvalue weighted by molar-refractivity contribution is 9.10. The van der Waals surface area contributed by atoms with Gasteiger partial charge >= 0.3 is 0 Å². The average molecular weight is 391 g/mol. The fraction of sp³-hybridized carbons (Fsp3) is 0.231. The van der Waals surface area contributed by atoms with Gasteiger partial charge in [0.15, 0.2) is 17.6 Å². The standard InChI is InChI=1S/C13H11BrN8O2/c1-6-3-8(21-24-6)12-19-16-4-9-10(14)13(20-22(9)12)23-7(2)11-15-5-17-18-11/h3-5,7H,1-2H3,(H,15,17,18). The quantitative estimate of drug-likeness (QED) is 0.562. The number of fused-ring (bicyclic) bond motifs is 1. The average Bonchev–Trinajstić information content (AvgIpc) is 3.29. The summed E-state index contributed by atoms with van der Waals surface area (Å²) >= 11 is 3.49. The first-order chi connectivity index (χ1) is 11.6. The van der Waals surface area contributed by atoms with Crippen LogP contribution in [0.5, 0.6) is 5.88 Å². The van der Waals surface area contributed by atoms with Crippen LogP contribution in [-0.4, -0.2) is 40.1 Å². The predicted octanol–water partition coefficient (Wildman–Crippen LogP) is 2.11. The minimum Gasteiger partial charge on any atom is -0.465 e. The zero-order valence-electron chi connectivity index (χ0n) is 12.6. The molecule has 122 valence electrons. The summed E-state index contributed by atoms with van der Waals surface area (Å²) in [5.74, 6) is 2.11. The number of aryl methyl sites for hydroxylation is 1. The Morgan fingerprint density at radius 1 is 1.42 bits per heavy atom. The first-order valence-corrected chi connectivity index (χ1v) is 7.78. The van der Waals surface area contributed by atoms with Gasteiger partial charge in [-0.1, -0.05) is 5.16 Å². The first-order valence-electron chi connectivity index (χ1n) is 6.99. The van der Waals surface area contributed by atoms with E-state index in [1.807, 2.05) is 6.92 Å². The van der Waals surface area contributed by atoms with Gasteiger partial charge in [0, 0.05) is 6.07 Å². The van der Waals surface area contributed by atoms with E-state index in [0.717, 1.165) is 0 Å². The van der Waals surface area contributed by atoms with Crippen molar-refractivity contribution in [3.05, 3.63) is 34.6 Å². The molecule has 4 heterocycles. The molecule has 0 fully saturated rings. The van der Waals surface area contributed by atoms with Crippen molar-refractivity contribution in [1.29, 1.82) is 0 Å². The second kappa shape index (κ2) is 5.67. The molecule has 0 saturated heterocycles. The molecule has 4 aromatic rings. The summed E-state index contributed by atoms with van der Waals surface area (Å²) in [4.78, 5) is 4.08. The zero-order chi connectivity index (χ0) is 16.7. The molecule has 1 atom stereocenters. The molecule has 1 unspecified atom stereocenters. The van der Waals surface area contributed by atoms with E-state index >= 15 is 0 Å². The molecular formula is C13H11BrN8O2. The smallest absolute Gasteiger partial charge is 0.249 e. The molecule has 0 amide bonds. The van der Waals surface area contributed by atoms with E-state index < -0.39 is 0 Å². The Hall–Kier alpha value is -2.82. The van der Waals surface area contributed by atoms with Crippen LogP contribution < -0.4 is 4.74 Å². The van der Waals surface area contributed by atoms with Crippen molar-refractivity contribution in [3.63, 3.8) is 0 Å². The van der Waals surface area contributed by atoms with Crippen molar-refractivity contribution in [1.82, 2.24) is 40.1 Å². The maximum absolute atomic E-state index is 5.86. The maximum Gasteiger partial charge on any atom is 0.249 e. The molecule has 0 saturated carbocycles. The highest BCUT2D eigenvalue weighted by Gasteiger charge is 2.21. The summed E-state index contributed by atoms with van der Waals surface area (Å²) in [7, 11) is 0. The molecule has 24 heavy (non-hydrogen) atoms. The lowest BCUT2D eigenvalue weighted by molar-refractivity contribution is 0.205. The Morgan fingerprint density at radius 3 is 3.00 bits per heavy atom. The van der Waals surface area contributed by atoms with E-state index in [1.165, 1.54) is 6.33 Å². The number of H-pyrrole nitrogens is 1. The molecule has 0 radical (unpaired) electrons. The summed E-state index contributed by atoms with van der Waals surface area (Å²) in [5.41, 5.74) is 1.23. The van der Waals surface area contributed by atoms with Crippen LogP contribution >= 0.6 is 15.9 Å². The van der Waals surface area contributed by atoms with Crippen molar-refractivity contribution >= 4 is 21.4 Å². The number of ether oxygens (including phenoxy) is 1. The number of rotatable bonds is 4. The van der Waals surface area contributed by atoms with Crippen LogP contribution in [0.1, 0.15) is 24.6 Å². The van der Waals surface area contributed by atoms with E-state index in [9.17, 15) is 0 Å². The van der Waals surface area contributed by atoms with Gasteiger partial charge in [0.25, 0.3) is 0 Å². The Labute approximate surface area is 143 Å². The van der Waals surface area contributed by atoms with Crippen LogP contribution in [-0.2, 0) is 0 Å². The van der Waals surface area contributed by atoms with E-state index in [1.54, 1.807) is 23.7 Å². The number of hydrogen-bond donors (Lipinski definition) is 1. The first kappa shape index (κ1) is 14.8. The predicted molar refractivity (Wildman–Crippen MR) is 84.1 cm³/mol. The molecule has 0 aliphatic carbocycles. The van der Waals surface area contributed by atoms with Gasteiger partial charge in [0.05, 0.1) is 6.20 Å². The molecular weight excluding hydrogens is 380 g/mol. The van der Waals surface area contributed by atoms with Crippen molar-refractivity contribution in [2.45, 2.75) is 20.0 Å². The van der Waals surface area contributed by atoms with Crippen LogP contribution in [0.3, 0.4) is 0 Å². The second-order valence-corrected chi connectivity index (χ2v) is 5.83. The number of halogens is 1. The van der Waals surface area contributed by atoms with Crippen LogP contribution in [0.2, 0.25) is 0 Å². The normalized spacial score (nSPS) is 12.6. The molecule has 0 bridgehead atoms. The van der Waals surface area contributed by atoms with E-state index in [4.69, 9.17) is 9.26 Å². The van der Waals surface area contributed by atoms with Gasteiger partial charge in [-0.15, -0.1) is 10.2 Å². The van der Waals surface area contributed by atoms with E-state index in [-0.39, 0.29) is 6.10 Å². The molecule has 0 aliphatic heterocycles. The molecule has 0 aliphatic rings. The SMILES string of the molecule is Cc1cc(-c2nncc3c(Br)c(OC(C)c4ncn[nH]4)nn23)no1. The lowest BCUT2D eigenvalue weighted by atomic mass is 10.3. The molecule has 0 spiro atoms. The summed E-state index contributed by atoms with van der Waals surface area (Å²) in [6.45, 7) is 3.64. The minimum absolute atomic E-state index is 0.354. The van der Waals surface area contributed by atoms with Gasteiger partial charge in [-0.05, 0) is 29.8 Å². The Balaban J connectivity index is 1.77. The van der Waals surface area contributed by atoms with Crippen molar-refractivity contribution in [2.75, 3.05) is 0 Å². The monoisotopic (exact) mass is 390 g/mol. The Bertz CT molecular complexity index is 993. The largest absolute Gasteiger partial charge is 0.465 e. The number of nitrogens with zero attached hydrogens (tertiary/aromatic N) is 7. The third-order valence-electron chi connectivity index (χ3n) is 3.33. The second-order valence-electron chi connectivity index (χ2n) is 5.04. The van der Waals surface area contributed by atoms with Gasteiger partial charge < -0.3 is 9.26 Å². The lowest BCUT2D eigenvalue weighted by Gasteiger charge is -2.09. The van der Waals surface area contributed by atoms with Gasteiger partial charge in [-0.3, -0.25) is 5.10 Å². The lowest BCUT2D eigenvalue weighted by Crippen LogP contribution is -2.06. The molecule has 10 nitrogen and oxygen atoms in total. The zero-order valence-corrected chi connectivity index (χ0v) is 14.2. The molecule has 4 rings (SSSR count). The number of aromatic nitrogens is 8. The van der Waals surface area contributed by atoms with Crippen LogP contribution in [0.4, 0.5) is 0 Å². The van der Waals surface area contributed by atoms with Crippen LogP contribution in [0.25, 0.3) is 17.0 Å². The summed E-state index contributed by atoms with van der Waals surface area (Å²) in [6.07, 6.45) is 2.65. The third-order valence-corrected chi connectivity index (χ3v) is 4.07. The van der Waals surface area contributed by atoms with Crippen LogP contribution in [0.15, 0.2) is 27.6 Å². The van der Waals surface area contributed by atoms with Crippen molar-refractivity contribution in [3.8, 4) is 17.4 Å². The van der Waals surface area contributed by atoms with Crippen molar-refractivity contribution < 1.29 is 9.26 Å². The van der Waals surface area contributed by atoms with Gasteiger partial charge in [-0.2, -0.15) is 10.2 Å². The summed E-state index contributed by atoms with van der Waals surface area (Å²) in [6, 6.07) is 1.76. The third kappa shape index (κ3) is 2.42. The summed E-state index contributed by atoms with van der Waals surface area (Å²) < 4.78 is 13.2. The van der Waals surface area contributed by atoms with Crippen molar-refractivity contribution in [2.24, 2.45) is 0 Å². The Kier molecular flexibility index (Phi) is 3.49. The van der Waals surface area contributed by atoms with Gasteiger partial charge in [0.1, 0.15) is 22.1 Å². The van der Waals surface area contributed by atoms with Gasteiger partial charge in [0.2, 0.25) is 11.7 Å². The van der Waals surface area contributed by atoms with Crippen LogP contribution in [0, 0.1) is 6.92 Å². The maximum atomic E-state index is 5.86. The summed E-state index contributed by atoms with van der Waals surface area (Å²) in [5, 5.41) is 23.1. The highest BCUT2D eigenvalue weighted by atomic mass is 79.9. The molecule has 11 heteroatoms. The Morgan fingerprint density at radius 2 is 2.29 bits per heavy atom. The number of aromatic amines is 1. The fourth-order valence-electron chi connectivity index (χ4n) is 2.19. The van der Waals surface area contributed by atoms with Gasteiger partial charge in [-0.25, -0.2) is 9.50 Å². The number of nitrogens with one attached hydrogen (secondary N) is 1. The van der Waals surface area contributed by atoms with E-state index in [0.29, 0.717) is 39.0 Å². The molecule has 1 N–H and O–H groups in total. The topological polar surface area (TPSA) is 120 Å². The number of hydrogen-bond acceptors (Lipinski definition) is 8.